The third-order valence-electron chi connectivity index (χ3n) is 3.48. The minimum Gasteiger partial charge on any atom is -0.312 e. The number of alkyl halides is 3. The summed E-state index contributed by atoms with van der Waals surface area (Å²) in [4.78, 5) is 1.47. The number of nitrogens with zero attached hydrogens (tertiary/aromatic N) is 1. The maximum atomic E-state index is 12.3. The SMILES string of the molecule is FC(F)(F)CN1CCC(CNCc2ccccc2Cl)C1. The van der Waals surface area contributed by atoms with Crippen molar-refractivity contribution in [3.05, 3.63) is 34.9 Å². The van der Waals surface area contributed by atoms with Crippen LogP contribution in [-0.4, -0.2) is 37.3 Å². The van der Waals surface area contributed by atoms with Gasteiger partial charge in [0.2, 0.25) is 0 Å². The van der Waals surface area contributed by atoms with Gasteiger partial charge in [-0.2, -0.15) is 13.2 Å². The van der Waals surface area contributed by atoms with E-state index >= 15 is 0 Å². The molecular weight excluding hydrogens is 289 g/mol. The third kappa shape index (κ3) is 4.96. The van der Waals surface area contributed by atoms with E-state index in [4.69, 9.17) is 11.6 Å². The summed E-state index contributed by atoms with van der Waals surface area (Å²) in [6.45, 7) is 1.61. The summed E-state index contributed by atoms with van der Waals surface area (Å²) >= 11 is 6.04. The van der Waals surface area contributed by atoms with Gasteiger partial charge in [0.25, 0.3) is 0 Å². The zero-order valence-corrected chi connectivity index (χ0v) is 11.8. The number of hydrogen-bond acceptors (Lipinski definition) is 2. The van der Waals surface area contributed by atoms with Crippen molar-refractivity contribution in [3.63, 3.8) is 0 Å². The molecule has 1 aliphatic rings. The Labute approximate surface area is 121 Å². The van der Waals surface area contributed by atoms with Gasteiger partial charge in [0, 0.05) is 18.1 Å². The summed E-state index contributed by atoms with van der Waals surface area (Å²) < 4.78 is 36.8. The Morgan fingerprint density at radius 1 is 1.30 bits per heavy atom. The molecule has 1 aliphatic heterocycles. The van der Waals surface area contributed by atoms with Crippen LogP contribution in [0.3, 0.4) is 0 Å². The normalized spacial score (nSPS) is 20.5. The molecule has 1 aromatic carbocycles. The van der Waals surface area contributed by atoms with Crippen LogP contribution in [0.25, 0.3) is 0 Å². The van der Waals surface area contributed by atoms with E-state index in [1.807, 2.05) is 24.3 Å². The Morgan fingerprint density at radius 2 is 2.05 bits per heavy atom. The lowest BCUT2D eigenvalue weighted by Crippen LogP contribution is -2.33. The number of nitrogens with one attached hydrogen (secondary N) is 1. The molecule has 0 spiro atoms. The van der Waals surface area contributed by atoms with Crippen molar-refractivity contribution in [2.45, 2.75) is 19.1 Å². The van der Waals surface area contributed by atoms with Gasteiger partial charge in [-0.05, 0) is 37.1 Å². The smallest absolute Gasteiger partial charge is 0.312 e. The first-order valence-corrected chi connectivity index (χ1v) is 7.05. The first kappa shape index (κ1) is 15.6. The van der Waals surface area contributed by atoms with Gasteiger partial charge in [0.05, 0.1) is 6.54 Å². The average molecular weight is 307 g/mol. The molecule has 1 saturated heterocycles. The zero-order chi connectivity index (χ0) is 14.6. The summed E-state index contributed by atoms with van der Waals surface area (Å²) in [5.41, 5.74) is 1.01. The van der Waals surface area contributed by atoms with E-state index in [0.717, 1.165) is 18.5 Å². The molecule has 0 saturated carbocycles. The van der Waals surface area contributed by atoms with Crippen molar-refractivity contribution in [3.8, 4) is 0 Å². The Bertz CT molecular complexity index is 437. The maximum absolute atomic E-state index is 12.3. The number of rotatable bonds is 5. The lowest BCUT2D eigenvalue weighted by molar-refractivity contribution is -0.143. The average Bonchev–Trinajstić information content (AvgIpc) is 2.77. The molecule has 1 atom stereocenters. The number of likely N-dealkylation sites (tertiary alicyclic amines) is 1. The van der Waals surface area contributed by atoms with Crippen molar-refractivity contribution >= 4 is 11.6 Å². The van der Waals surface area contributed by atoms with Crippen molar-refractivity contribution in [1.29, 1.82) is 0 Å². The van der Waals surface area contributed by atoms with Gasteiger partial charge in [-0.25, -0.2) is 0 Å². The highest BCUT2D eigenvalue weighted by molar-refractivity contribution is 6.31. The molecule has 1 heterocycles. The number of benzene rings is 1. The van der Waals surface area contributed by atoms with Crippen molar-refractivity contribution in [1.82, 2.24) is 10.2 Å². The molecule has 2 nitrogen and oxygen atoms in total. The van der Waals surface area contributed by atoms with E-state index in [0.29, 0.717) is 24.7 Å². The molecule has 0 aromatic heterocycles. The van der Waals surface area contributed by atoms with Crippen molar-refractivity contribution in [2.24, 2.45) is 5.92 Å². The molecule has 0 aliphatic carbocycles. The van der Waals surface area contributed by atoms with Gasteiger partial charge in [0.1, 0.15) is 0 Å². The van der Waals surface area contributed by atoms with Crippen LogP contribution >= 0.6 is 11.6 Å². The van der Waals surface area contributed by atoms with Crippen LogP contribution in [-0.2, 0) is 6.54 Å². The van der Waals surface area contributed by atoms with Gasteiger partial charge in [-0.15, -0.1) is 0 Å². The molecule has 1 N–H and O–H groups in total. The van der Waals surface area contributed by atoms with Crippen molar-refractivity contribution < 1.29 is 13.2 Å². The molecule has 0 bridgehead atoms. The Hall–Kier alpha value is -0.780. The lowest BCUT2D eigenvalue weighted by atomic mass is 10.1. The Morgan fingerprint density at radius 3 is 2.75 bits per heavy atom. The molecule has 1 aromatic rings. The molecule has 0 amide bonds. The highest BCUT2D eigenvalue weighted by atomic mass is 35.5. The second-order valence-corrected chi connectivity index (χ2v) is 5.63. The Balaban J connectivity index is 1.70. The fourth-order valence-corrected chi connectivity index (χ4v) is 2.73. The lowest BCUT2D eigenvalue weighted by Gasteiger charge is -2.18. The molecule has 2 rings (SSSR count). The first-order chi connectivity index (χ1) is 9.44. The second-order valence-electron chi connectivity index (χ2n) is 5.23. The first-order valence-electron chi connectivity index (χ1n) is 6.67. The molecule has 0 radical (unpaired) electrons. The van der Waals surface area contributed by atoms with Crippen molar-refractivity contribution in [2.75, 3.05) is 26.2 Å². The zero-order valence-electron chi connectivity index (χ0n) is 11.1. The minimum absolute atomic E-state index is 0.278. The molecule has 112 valence electrons. The minimum atomic E-state index is -4.10. The second kappa shape index (κ2) is 6.78. The number of hydrogen-bond donors (Lipinski definition) is 1. The van der Waals surface area contributed by atoms with Gasteiger partial charge in [-0.3, -0.25) is 4.90 Å². The van der Waals surface area contributed by atoms with E-state index in [-0.39, 0.29) is 5.92 Å². The van der Waals surface area contributed by atoms with Crippen LogP contribution < -0.4 is 5.32 Å². The molecule has 1 fully saturated rings. The van der Waals surface area contributed by atoms with Crippen LogP contribution in [0.4, 0.5) is 13.2 Å². The standard InChI is InChI=1S/C14H18ClF3N2/c15-13-4-2-1-3-12(13)8-19-7-11-5-6-20(9-11)10-14(16,17)18/h1-4,11,19H,5-10H2. The summed E-state index contributed by atoms with van der Waals surface area (Å²) in [5.74, 6) is 0.278. The predicted molar refractivity (Wildman–Crippen MR) is 73.8 cm³/mol. The topological polar surface area (TPSA) is 15.3 Å². The van der Waals surface area contributed by atoms with Crippen LogP contribution in [0.2, 0.25) is 5.02 Å². The number of halogens is 4. The monoisotopic (exact) mass is 306 g/mol. The summed E-state index contributed by atoms with van der Waals surface area (Å²) in [7, 11) is 0. The largest absolute Gasteiger partial charge is 0.401 e. The van der Waals surface area contributed by atoms with Gasteiger partial charge >= 0.3 is 6.18 Å². The van der Waals surface area contributed by atoms with Gasteiger partial charge in [-0.1, -0.05) is 29.8 Å². The third-order valence-corrected chi connectivity index (χ3v) is 3.85. The summed E-state index contributed by atoms with van der Waals surface area (Å²) in [6, 6.07) is 7.57. The highest BCUT2D eigenvalue weighted by Crippen LogP contribution is 2.22. The quantitative estimate of drug-likeness (QED) is 0.898. The van der Waals surface area contributed by atoms with Gasteiger partial charge in [0.15, 0.2) is 0 Å². The predicted octanol–water partition coefficient (Wildman–Crippen LogP) is 3.31. The fraction of sp³-hybridized carbons (Fsp3) is 0.571. The van der Waals surface area contributed by atoms with E-state index in [9.17, 15) is 13.2 Å². The van der Waals surface area contributed by atoms with E-state index in [1.165, 1.54) is 4.90 Å². The molecular formula is C14H18ClF3N2. The van der Waals surface area contributed by atoms with E-state index in [1.54, 1.807) is 0 Å². The summed E-state index contributed by atoms with van der Waals surface area (Å²) in [6.07, 6.45) is -3.29. The fourth-order valence-electron chi connectivity index (χ4n) is 2.53. The maximum Gasteiger partial charge on any atom is 0.401 e. The van der Waals surface area contributed by atoms with Crippen LogP contribution in [0.1, 0.15) is 12.0 Å². The molecule has 1 unspecified atom stereocenters. The Kier molecular flexibility index (Phi) is 5.29. The molecule has 6 heteroatoms. The van der Waals surface area contributed by atoms with E-state index in [2.05, 4.69) is 5.32 Å². The van der Waals surface area contributed by atoms with Gasteiger partial charge < -0.3 is 5.32 Å². The van der Waals surface area contributed by atoms with Crippen LogP contribution in [0.5, 0.6) is 0 Å². The van der Waals surface area contributed by atoms with Crippen LogP contribution in [0.15, 0.2) is 24.3 Å². The molecule has 20 heavy (non-hydrogen) atoms. The highest BCUT2D eigenvalue weighted by Gasteiger charge is 2.34. The van der Waals surface area contributed by atoms with E-state index < -0.39 is 12.7 Å². The van der Waals surface area contributed by atoms with Crippen LogP contribution in [0, 0.1) is 5.92 Å². The summed E-state index contributed by atoms with van der Waals surface area (Å²) in [5, 5.41) is 3.99.